The summed E-state index contributed by atoms with van der Waals surface area (Å²) in [5, 5.41) is 5.73. The van der Waals surface area contributed by atoms with Crippen LogP contribution in [0.4, 0.5) is 4.79 Å². The van der Waals surface area contributed by atoms with Crippen LogP contribution < -0.4 is 10.6 Å². The summed E-state index contributed by atoms with van der Waals surface area (Å²) in [4.78, 5) is 11.0. The molecule has 15 heavy (non-hydrogen) atoms. The summed E-state index contributed by atoms with van der Waals surface area (Å²) >= 11 is 0. The summed E-state index contributed by atoms with van der Waals surface area (Å²) in [5.41, 5.74) is 0. The van der Waals surface area contributed by atoms with E-state index in [1.165, 1.54) is 0 Å². The van der Waals surface area contributed by atoms with Crippen molar-refractivity contribution in [1.29, 1.82) is 0 Å². The van der Waals surface area contributed by atoms with Crippen molar-refractivity contribution in [2.24, 2.45) is 0 Å². The highest BCUT2D eigenvalue weighted by molar-refractivity contribution is 5.67. The molecule has 0 heterocycles. The first-order valence-corrected chi connectivity index (χ1v) is 5.48. The number of amides is 1. The van der Waals surface area contributed by atoms with Crippen LogP contribution in [0.1, 0.15) is 25.7 Å². The zero-order valence-electron chi connectivity index (χ0n) is 9.45. The lowest BCUT2D eigenvalue weighted by Crippen LogP contribution is -2.30. The van der Waals surface area contributed by atoms with Crippen molar-refractivity contribution in [3.8, 4) is 0 Å². The standard InChI is InChI=1S/C11H20N2O2/c1-12-9-5-3-4-6-10(8-7-9)15-11(14)13-2/h4,6,9-10,12H,3,5,7-8H2,1-2H3,(H,13,14)/b6-4+. The second kappa shape index (κ2) is 6.45. The third kappa shape index (κ3) is 4.34. The Bertz CT molecular complexity index is 229. The van der Waals surface area contributed by atoms with Crippen molar-refractivity contribution in [3.05, 3.63) is 12.2 Å². The van der Waals surface area contributed by atoms with Crippen LogP contribution in [0.2, 0.25) is 0 Å². The number of hydrogen-bond donors (Lipinski definition) is 2. The van der Waals surface area contributed by atoms with E-state index in [0.717, 1.165) is 25.7 Å². The average Bonchev–Trinajstić information content (AvgIpc) is 2.22. The maximum Gasteiger partial charge on any atom is 0.407 e. The SMILES string of the molecule is CNC(=O)OC1/C=C/CCC(NC)CC1. The van der Waals surface area contributed by atoms with Crippen molar-refractivity contribution >= 4 is 6.09 Å². The number of alkyl carbamates (subject to hydrolysis) is 1. The highest BCUT2D eigenvalue weighted by Gasteiger charge is 2.15. The molecule has 2 unspecified atom stereocenters. The number of rotatable bonds is 2. The molecule has 0 aromatic carbocycles. The predicted octanol–water partition coefficient (Wildman–Crippen LogP) is 1.43. The second-order valence-corrected chi connectivity index (χ2v) is 3.76. The molecule has 1 aliphatic rings. The van der Waals surface area contributed by atoms with Gasteiger partial charge in [0.15, 0.2) is 0 Å². The van der Waals surface area contributed by atoms with Crippen LogP contribution in [0, 0.1) is 0 Å². The lowest BCUT2D eigenvalue weighted by Gasteiger charge is -2.21. The summed E-state index contributed by atoms with van der Waals surface area (Å²) < 4.78 is 5.20. The van der Waals surface area contributed by atoms with Crippen LogP contribution in [0.25, 0.3) is 0 Å². The Kier molecular flexibility index (Phi) is 5.18. The Balaban J connectivity index is 2.43. The van der Waals surface area contributed by atoms with E-state index >= 15 is 0 Å². The molecule has 1 aliphatic carbocycles. The molecule has 0 aromatic rings. The van der Waals surface area contributed by atoms with Gasteiger partial charge in [0.2, 0.25) is 0 Å². The molecule has 0 saturated carbocycles. The van der Waals surface area contributed by atoms with Gasteiger partial charge in [0.25, 0.3) is 0 Å². The molecule has 4 nitrogen and oxygen atoms in total. The molecule has 0 spiro atoms. The van der Waals surface area contributed by atoms with Crippen molar-refractivity contribution in [2.75, 3.05) is 14.1 Å². The number of carbonyl (C=O) groups is 1. The number of carbonyl (C=O) groups excluding carboxylic acids is 1. The second-order valence-electron chi connectivity index (χ2n) is 3.76. The number of nitrogens with one attached hydrogen (secondary N) is 2. The van der Waals surface area contributed by atoms with Crippen LogP contribution in [0.15, 0.2) is 12.2 Å². The number of ether oxygens (including phenoxy) is 1. The third-order valence-electron chi connectivity index (χ3n) is 2.70. The minimum absolute atomic E-state index is 0.0823. The first kappa shape index (κ1) is 12.0. The summed E-state index contributed by atoms with van der Waals surface area (Å²) in [7, 11) is 3.55. The van der Waals surface area contributed by atoms with Gasteiger partial charge in [0, 0.05) is 13.1 Å². The van der Waals surface area contributed by atoms with Gasteiger partial charge in [-0.25, -0.2) is 4.79 Å². The van der Waals surface area contributed by atoms with Crippen LogP contribution in [0.3, 0.4) is 0 Å². The van der Waals surface area contributed by atoms with E-state index < -0.39 is 0 Å². The molecular weight excluding hydrogens is 192 g/mol. The van der Waals surface area contributed by atoms with Gasteiger partial charge in [0.05, 0.1) is 0 Å². The van der Waals surface area contributed by atoms with Crippen LogP contribution in [0.5, 0.6) is 0 Å². The summed E-state index contributed by atoms with van der Waals surface area (Å²) in [6.07, 6.45) is 7.77. The Labute approximate surface area is 91.1 Å². The molecular formula is C11H20N2O2. The fourth-order valence-corrected chi connectivity index (χ4v) is 1.73. The van der Waals surface area contributed by atoms with E-state index in [4.69, 9.17) is 4.74 Å². The van der Waals surface area contributed by atoms with Gasteiger partial charge < -0.3 is 15.4 Å². The molecule has 2 atom stereocenters. The molecule has 0 bridgehead atoms. The van der Waals surface area contributed by atoms with Crippen molar-refractivity contribution in [3.63, 3.8) is 0 Å². The van der Waals surface area contributed by atoms with E-state index in [0.29, 0.717) is 6.04 Å². The molecule has 86 valence electrons. The Morgan fingerprint density at radius 1 is 1.33 bits per heavy atom. The Morgan fingerprint density at radius 3 is 2.80 bits per heavy atom. The lowest BCUT2D eigenvalue weighted by molar-refractivity contribution is 0.113. The highest BCUT2D eigenvalue weighted by Crippen LogP contribution is 2.14. The normalized spacial score (nSPS) is 28.7. The predicted molar refractivity (Wildman–Crippen MR) is 59.8 cm³/mol. The maximum absolute atomic E-state index is 11.0. The maximum atomic E-state index is 11.0. The van der Waals surface area contributed by atoms with Gasteiger partial charge in [-0.3, -0.25) is 0 Å². The minimum Gasteiger partial charge on any atom is -0.442 e. The lowest BCUT2D eigenvalue weighted by atomic mass is 9.99. The Morgan fingerprint density at radius 2 is 2.13 bits per heavy atom. The van der Waals surface area contributed by atoms with E-state index in [1.807, 2.05) is 13.1 Å². The van der Waals surface area contributed by atoms with Gasteiger partial charge >= 0.3 is 6.09 Å². The van der Waals surface area contributed by atoms with Gasteiger partial charge in [-0.1, -0.05) is 6.08 Å². The minimum atomic E-state index is -0.355. The van der Waals surface area contributed by atoms with Gasteiger partial charge in [-0.05, 0) is 38.8 Å². The van der Waals surface area contributed by atoms with Crippen LogP contribution >= 0.6 is 0 Å². The molecule has 0 radical (unpaired) electrons. The van der Waals surface area contributed by atoms with Gasteiger partial charge in [-0.2, -0.15) is 0 Å². The van der Waals surface area contributed by atoms with Crippen LogP contribution in [-0.4, -0.2) is 32.3 Å². The molecule has 0 saturated heterocycles. The zero-order chi connectivity index (χ0) is 11.1. The molecule has 1 rings (SSSR count). The monoisotopic (exact) mass is 212 g/mol. The topological polar surface area (TPSA) is 50.4 Å². The van der Waals surface area contributed by atoms with Crippen molar-refractivity contribution in [1.82, 2.24) is 10.6 Å². The number of allylic oxidation sites excluding steroid dienone is 1. The van der Waals surface area contributed by atoms with E-state index in [1.54, 1.807) is 7.05 Å². The smallest absolute Gasteiger partial charge is 0.407 e. The highest BCUT2D eigenvalue weighted by atomic mass is 16.6. The molecule has 2 N–H and O–H groups in total. The van der Waals surface area contributed by atoms with E-state index in [9.17, 15) is 4.79 Å². The quantitative estimate of drug-likeness (QED) is 0.681. The first-order valence-electron chi connectivity index (χ1n) is 5.48. The molecule has 0 aromatic heterocycles. The fraction of sp³-hybridized carbons (Fsp3) is 0.727. The van der Waals surface area contributed by atoms with E-state index in [-0.39, 0.29) is 12.2 Å². The third-order valence-corrected chi connectivity index (χ3v) is 2.70. The van der Waals surface area contributed by atoms with Crippen molar-refractivity contribution < 1.29 is 9.53 Å². The Hall–Kier alpha value is -1.03. The molecule has 1 amide bonds. The van der Waals surface area contributed by atoms with Crippen molar-refractivity contribution in [2.45, 2.75) is 37.8 Å². The largest absolute Gasteiger partial charge is 0.442 e. The summed E-state index contributed by atoms with van der Waals surface area (Å²) in [6.45, 7) is 0. The molecule has 0 fully saturated rings. The first-order chi connectivity index (χ1) is 7.26. The summed E-state index contributed by atoms with van der Waals surface area (Å²) in [5.74, 6) is 0. The van der Waals surface area contributed by atoms with Crippen LogP contribution in [-0.2, 0) is 4.74 Å². The molecule has 0 aliphatic heterocycles. The van der Waals surface area contributed by atoms with Gasteiger partial charge in [-0.15, -0.1) is 0 Å². The van der Waals surface area contributed by atoms with E-state index in [2.05, 4.69) is 16.7 Å². The fourth-order valence-electron chi connectivity index (χ4n) is 1.73. The number of hydrogen-bond acceptors (Lipinski definition) is 3. The average molecular weight is 212 g/mol. The van der Waals surface area contributed by atoms with Gasteiger partial charge in [0.1, 0.15) is 6.10 Å². The zero-order valence-corrected chi connectivity index (χ0v) is 9.45. The molecule has 4 heteroatoms. The summed E-state index contributed by atoms with van der Waals surface area (Å²) in [6, 6.07) is 0.533.